The average Bonchev–Trinajstić information content (AvgIpc) is 2.96. The van der Waals surface area contributed by atoms with E-state index >= 15 is 0 Å². The maximum atomic E-state index is 13.5. The summed E-state index contributed by atoms with van der Waals surface area (Å²) in [6.45, 7) is 13.3. The Labute approximate surface area is 249 Å². The van der Waals surface area contributed by atoms with Gasteiger partial charge in [0.1, 0.15) is 0 Å². The molecule has 0 amide bonds. The summed E-state index contributed by atoms with van der Waals surface area (Å²) in [6, 6.07) is 16.3. The van der Waals surface area contributed by atoms with E-state index in [2.05, 4.69) is 55.1 Å². The van der Waals surface area contributed by atoms with E-state index in [1.807, 2.05) is 48.5 Å². The van der Waals surface area contributed by atoms with Crippen LogP contribution in [0.2, 0.25) is 0 Å². The predicted molar refractivity (Wildman–Crippen MR) is 170 cm³/mol. The number of fused-ring (bicyclic) bond motifs is 3. The standard InChI is InChI=1S/C34H46N6O2/c1-21-17-39(18-22(2)36-21)33(38-30-15-25-14-29(23(30)3)34(25,4)5)37-26-11-12-28-31(16-26)35-20-40(32(28)42)27(19-41)13-24-9-7-6-8-10-24/h6-12,16,20-23,25,27,29-30,36,41H,13-15,17-19H2,1-5H3,(H,37,38)/t21-,22+,23-,25-,27-,29+,30?/m0/s1. The molecule has 224 valence electrons. The maximum Gasteiger partial charge on any atom is 0.261 e. The predicted octanol–water partition coefficient (Wildman–Crippen LogP) is 4.69. The fraction of sp³-hybridized carbons (Fsp3) is 0.559. The van der Waals surface area contributed by atoms with E-state index in [0.717, 1.165) is 48.6 Å². The van der Waals surface area contributed by atoms with Gasteiger partial charge < -0.3 is 20.6 Å². The minimum Gasteiger partial charge on any atom is -0.394 e. The first-order chi connectivity index (χ1) is 20.1. The second kappa shape index (κ2) is 11.5. The van der Waals surface area contributed by atoms with Crippen LogP contribution in [0.1, 0.15) is 59.1 Å². The molecule has 7 atom stereocenters. The summed E-state index contributed by atoms with van der Waals surface area (Å²) in [7, 11) is 0. The number of benzene rings is 2. The van der Waals surface area contributed by atoms with Crippen molar-refractivity contribution in [3.8, 4) is 0 Å². The Morgan fingerprint density at radius 1 is 1.12 bits per heavy atom. The van der Waals surface area contributed by atoms with E-state index in [9.17, 15) is 9.90 Å². The lowest BCUT2D eigenvalue weighted by Gasteiger charge is -2.61. The average molecular weight is 571 g/mol. The van der Waals surface area contributed by atoms with E-state index in [1.165, 1.54) is 6.42 Å². The topological polar surface area (TPSA) is 94.8 Å². The van der Waals surface area contributed by atoms with Crippen LogP contribution in [0.4, 0.5) is 5.69 Å². The lowest BCUT2D eigenvalue weighted by atomic mass is 9.45. The third kappa shape index (κ3) is 5.47. The van der Waals surface area contributed by atoms with Crippen LogP contribution in [0.5, 0.6) is 0 Å². The van der Waals surface area contributed by atoms with E-state index in [-0.39, 0.29) is 18.2 Å². The van der Waals surface area contributed by atoms with Crippen LogP contribution in [0.15, 0.2) is 64.6 Å². The Morgan fingerprint density at radius 3 is 2.52 bits per heavy atom. The maximum absolute atomic E-state index is 13.5. The molecule has 1 saturated heterocycles. The van der Waals surface area contributed by atoms with Crippen molar-refractivity contribution < 1.29 is 5.11 Å². The van der Waals surface area contributed by atoms with Crippen LogP contribution in [0, 0.1) is 23.2 Å². The fourth-order valence-electron chi connectivity index (χ4n) is 7.88. The molecule has 3 saturated carbocycles. The Bertz CT molecular complexity index is 1490. The zero-order valence-corrected chi connectivity index (χ0v) is 25.6. The second-order valence-electron chi connectivity index (χ2n) is 13.7. The van der Waals surface area contributed by atoms with Gasteiger partial charge in [-0.25, -0.2) is 9.98 Å². The second-order valence-corrected chi connectivity index (χ2v) is 13.7. The number of nitrogens with one attached hydrogen (secondary N) is 2. The Morgan fingerprint density at radius 2 is 1.86 bits per heavy atom. The first-order valence-electron chi connectivity index (χ1n) is 15.7. The van der Waals surface area contributed by atoms with Crippen LogP contribution in [-0.2, 0) is 6.42 Å². The molecule has 3 aliphatic carbocycles. The minimum absolute atomic E-state index is 0.137. The van der Waals surface area contributed by atoms with Crippen LogP contribution in [0.3, 0.4) is 0 Å². The molecule has 1 unspecified atom stereocenters. The van der Waals surface area contributed by atoms with Gasteiger partial charge in [0, 0.05) is 30.9 Å². The SMILES string of the molecule is C[C@@H]1CN(C(=NC2C[C@@H]3C[C@H]([C@@H]2C)C3(C)C)Nc2ccc3c(=O)n([C@H](CO)Cc4ccccc4)cnc3c2)C[C@H](C)N1. The van der Waals surface area contributed by atoms with Gasteiger partial charge in [-0.2, -0.15) is 0 Å². The van der Waals surface area contributed by atoms with Crippen molar-refractivity contribution in [2.45, 2.75) is 78.0 Å². The molecular weight excluding hydrogens is 524 g/mol. The molecule has 4 fully saturated rings. The van der Waals surface area contributed by atoms with Crippen LogP contribution in [-0.4, -0.2) is 63.3 Å². The highest BCUT2D eigenvalue weighted by molar-refractivity contribution is 5.96. The summed E-state index contributed by atoms with van der Waals surface area (Å²) in [6.07, 6.45) is 4.61. The van der Waals surface area contributed by atoms with Crippen molar-refractivity contribution >= 4 is 22.5 Å². The molecule has 3 N–H and O–H groups in total. The Balaban J connectivity index is 1.28. The van der Waals surface area contributed by atoms with Crippen molar-refractivity contribution in [1.29, 1.82) is 0 Å². The van der Waals surface area contributed by atoms with Crippen molar-refractivity contribution in [2.75, 3.05) is 25.0 Å². The number of aliphatic hydroxyl groups is 1. The number of piperazine rings is 1. The molecule has 4 aliphatic rings. The van der Waals surface area contributed by atoms with Crippen LogP contribution in [0.25, 0.3) is 10.9 Å². The molecule has 2 aromatic carbocycles. The minimum atomic E-state index is -0.376. The highest BCUT2D eigenvalue weighted by Gasteiger charge is 2.56. The molecule has 1 aliphatic heterocycles. The van der Waals surface area contributed by atoms with Crippen molar-refractivity contribution in [3.63, 3.8) is 0 Å². The van der Waals surface area contributed by atoms with Crippen LogP contribution < -0.4 is 16.2 Å². The lowest BCUT2D eigenvalue weighted by molar-refractivity contribution is -0.108. The fourth-order valence-corrected chi connectivity index (χ4v) is 7.88. The number of rotatable bonds is 6. The summed E-state index contributed by atoms with van der Waals surface area (Å²) in [4.78, 5) is 26.0. The van der Waals surface area contributed by atoms with Gasteiger partial charge in [0.2, 0.25) is 0 Å². The van der Waals surface area contributed by atoms with Gasteiger partial charge in [-0.15, -0.1) is 0 Å². The first kappa shape index (κ1) is 28.9. The third-order valence-corrected chi connectivity index (χ3v) is 10.4. The number of guanidine groups is 1. The Hall–Kier alpha value is -3.23. The molecule has 3 aromatic rings. The number of aromatic nitrogens is 2. The summed E-state index contributed by atoms with van der Waals surface area (Å²) < 4.78 is 1.57. The summed E-state index contributed by atoms with van der Waals surface area (Å²) in [5.74, 6) is 2.93. The molecule has 2 bridgehead atoms. The number of aliphatic hydroxyl groups excluding tert-OH is 1. The number of nitrogens with zero attached hydrogens (tertiary/aromatic N) is 4. The molecule has 8 heteroatoms. The normalized spacial score (nSPS) is 29.7. The Kier molecular flexibility index (Phi) is 7.87. The quantitative estimate of drug-likeness (QED) is 0.294. The molecule has 0 spiro atoms. The summed E-state index contributed by atoms with van der Waals surface area (Å²) >= 11 is 0. The molecule has 8 nitrogen and oxygen atoms in total. The van der Waals surface area contributed by atoms with Gasteiger partial charge in [0.15, 0.2) is 5.96 Å². The zero-order valence-electron chi connectivity index (χ0n) is 25.6. The van der Waals surface area contributed by atoms with Crippen LogP contribution >= 0.6 is 0 Å². The molecule has 7 rings (SSSR count). The van der Waals surface area contributed by atoms with Gasteiger partial charge in [-0.3, -0.25) is 9.36 Å². The molecule has 42 heavy (non-hydrogen) atoms. The van der Waals surface area contributed by atoms with E-state index in [1.54, 1.807) is 10.9 Å². The monoisotopic (exact) mass is 570 g/mol. The van der Waals surface area contributed by atoms with E-state index < -0.39 is 0 Å². The molecule has 2 heterocycles. The molecule has 1 aromatic heterocycles. The largest absolute Gasteiger partial charge is 0.394 e. The lowest BCUT2D eigenvalue weighted by Crippen LogP contribution is -2.59. The number of hydrogen-bond donors (Lipinski definition) is 3. The molecule has 0 radical (unpaired) electrons. The van der Waals surface area contributed by atoms with Gasteiger partial charge in [-0.1, -0.05) is 51.1 Å². The van der Waals surface area contributed by atoms with Crippen molar-refractivity contribution in [2.24, 2.45) is 28.2 Å². The van der Waals surface area contributed by atoms with Gasteiger partial charge in [0.05, 0.1) is 35.9 Å². The number of aliphatic imine (C=N–C) groups is 1. The smallest absolute Gasteiger partial charge is 0.261 e. The number of hydrogen-bond acceptors (Lipinski definition) is 5. The summed E-state index contributed by atoms with van der Waals surface area (Å²) in [5.41, 5.74) is 2.86. The van der Waals surface area contributed by atoms with Gasteiger partial charge >= 0.3 is 0 Å². The highest BCUT2D eigenvalue weighted by atomic mass is 16.3. The van der Waals surface area contributed by atoms with Crippen molar-refractivity contribution in [3.05, 3.63) is 70.8 Å². The van der Waals surface area contributed by atoms with Crippen molar-refractivity contribution in [1.82, 2.24) is 19.8 Å². The van der Waals surface area contributed by atoms with E-state index in [4.69, 9.17) is 4.99 Å². The van der Waals surface area contributed by atoms with E-state index in [0.29, 0.717) is 46.8 Å². The zero-order chi connectivity index (χ0) is 29.6. The highest BCUT2D eigenvalue weighted by Crippen LogP contribution is 2.61. The third-order valence-electron chi connectivity index (χ3n) is 10.4. The first-order valence-corrected chi connectivity index (χ1v) is 15.7. The summed E-state index contributed by atoms with van der Waals surface area (Å²) in [5, 5.41) is 18.0. The van der Waals surface area contributed by atoms with Gasteiger partial charge in [0.25, 0.3) is 5.56 Å². The van der Waals surface area contributed by atoms with Gasteiger partial charge in [-0.05, 0) is 80.0 Å². The number of anilines is 1. The molecular formula is C34H46N6O2.